The van der Waals surface area contributed by atoms with Crippen LogP contribution in [0.3, 0.4) is 0 Å². The third-order valence-electron chi connectivity index (χ3n) is 4.22. The zero-order valence-corrected chi connectivity index (χ0v) is 17.9. The fraction of sp³-hybridized carbons (Fsp3) is 0.174. The summed E-state index contributed by atoms with van der Waals surface area (Å²) in [6.07, 6.45) is -0.0653. The van der Waals surface area contributed by atoms with E-state index in [9.17, 15) is 13.2 Å². The van der Waals surface area contributed by atoms with Crippen LogP contribution in [0.2, 0.25) is 0 Å². The lowest BCUT2D eigenvalue weighted by molar-refractivity contribution is 0.102. The Bertz CT molecular complexity index is 1120. The van der Waals surface area contributed by atoms with Crippen molar-refractivity contribution >= 4 is 27.3 Å². The molecule has 0 spiro atoms. The Morgan fingerprint density at radius 3 is 2.10 bits per heavy atom. The number of para-hydroxylation sites is 1. The van der Waals surface area contributed by atoms with Gasteiger partial charge in [-0.25, -0.2) is 8.42 Å². The van der Waals surface area contributed by atoms with E-state index < -0.39 is 10.0 Å². The number of rotatable bonds is 7. The number of sulfonamides is 1. The number of amides is 1. The molecule has 0 unspecified atom stereocenters. The first kappa shape index (κ1) is 21.4. The highest BCUT2D eigenvalue weighted by molar-refractivity contribution is 7.92. The van der Waals surface area contributed by atoms with E-state index in [1.54, 1.807) is 48.5 Å². The van der Waals surface area contributed by atoms with Crippen LogP contribution in [-0.2, 0) is 10.0 Å². The fourth-order valence-corrected chi connectivity index (χ4v) is 3.82. The van der Waals surface area contributed by atoms with Gasteiger partial charge in [0.25, 0.3) is 15.9 Å². The van der Waals surface area contributed by atoms with E-state index in [-0.39, 0.29) is 16.9 Å². The van der Waals surface area contributed by atoms with Crippen LogP contribution in [-0.4, -0.2) is 20.4 Å². The smallest absolute Gasteiger partial charge is 0.261 e. The van der Waals surface area contributed by atoms with Crippen molar-refractivity contribution < 1.29 is 17.9 Å². The van der Waals surface area contributed by atoms with Crippen molar-refractivity contribution in [3.63, 3.8) is 0 Å². The molecular weight excluding hydrogens is 400 g/mol. The number of hydrogen-bond donors (Lipinski definition) is 2. The number of aryl methyl sites for hydroxylation is 1. The minimum atomic E-state index is -3.73. The number of hydrogen-bond acceptors (Lipinski definition) is 4. The molecule has 0 aliphatic carbocycles. The third-order valence-corrected chi connectivity index (χ3v) is 5.62. The summed E-state index contributed by atoms with van der Waals surface area (Å²) in [7, 11) is -3.73. The molecule has 156 valence electrons. The zero-order chi connectivity index (χ0) is 21.7. The summed E-state index contributed by atoms with van der Waals surface area (Å²) in [6, 6.07) is 20.0. The van der Waals surface area contributed by atoms with E-state index in [0.717, 1.165) is 5.56 Å². The summed E-state index contributed by atoms with van der Waals surface area (Å²) in [6.45, 7) is 5.70. The molecule has 30 heavy (non-hydrogen) atoms. The maximum absolute atomic E-state index is 12.6. The van der Waals surface area contributed by atoms with Crippen LogP contribution in [0.25, 0.3) is 0 Å². The van der Waals surface area contributed by atoms with Crippen LogP contribution in [0, 0.1) is 6.92 Å². The largest absolute Gasteiger partial charge is 0.490 e. The van der Waals surface area contributed by atoms with E-state index in [1.165, 1.54) is 12.1 Å². The molecule has 6 nitrogen and oxygen atoms in total. The molecule has 3 rings (SSSR count). The van der Waals surface area contributed by atoms with Gasteiger partial charge >= 0.3 is 0 Å². The molecule has 0 aliphatic heterocycles. The van der Waals surface area contributed by atoms with Gasteiger partial charge in [-0.1, -0.05) is 29.8 Å². The van der Waals surface area contributed by atoms with Gasteiger partial charge in [0.05, 0.1) is 16.6 Å². The standard InChI is InChI=1S/C23H24N2O4S/c1-16(2)29-22-7-5-4-6-21(22)23(26)24-18-12-14-20(15-13-18)30(27,28)25-19-10-8-17(3)9-11-19/h4-16,25H,1-3H3,(H,24,26). The summed E-state index contributed by atoms with van der Waals surface area (Å²) >= 11 is 0. The van der Waals surface area contributed by atoms with Crippen molar-refractivity contribution in [1.82, 2.24) is 0 Å². The SMILES string of the molecule is Cc1ccc(NS(=O)(=O)c2ccc(NC(=O)c3ccccc3OC(C)C)cc2)cc1. The van der Waals surface area contributed by atoms with Gasteiger partial charge in [-0.2, -0.15) is 0 Å². The highest BCUT2D eigenvalue weighted by Crippen LogP contribution is 2.22. The van der Waals surface area contributed by atoms with Gasteiger partial charge in [0.2, 0.25) is 0 Å². The topological polar surface area (TPSA) is 84.5 Å². The second kappa shape index (κ2) is 9.00. The van der Waals surface area contributed by atoms with E-state index in [1.807, 2.05) is 32.9 Å². The molecule has 1 amide bonds. The van der Waals surface area contributed by atoms with Crippen LogP contribution < -0.4 is 14.8 Å². The average Bonchev–Trinajstić information content (AvgIpc) is 2.70. The van der Waals surface area contributed by atoms with Crippen LogP contribution in [0.1, 0.15) is 29.8 Å². The van der Waals surface area contributed by atoms with Crippen molar-refractivity contribution in [2.45, 2.75) is 31.8 Å². The van der Waals surface area contributed by atoms with Crippen LogP contribution >= 0.6 is 0 Å². The van der Waals surface area contributed by atoms with Gasteiger partial charge < -0.3 is 10.1 Å². The van der Waals surface area contributed by atoms with Crippen molar-refractivity contribution in [2.24, 2.45) is 0 Å². The van der Waals surface area contributed by atoms with E-state index in [0.29, 0.717) is 22.7 Å². The third kappa shape index (κ3) is 5.39. The normalized spacial score (nSPS) is 11.2. The summed E-state index contributed by atoms with van der Waals surface area (Å²) in [5.41, 5.74) is 2.41. The van der Waals surface area contributed by atoms with Gasteiger partial charge in [0.1, 0.15) is 5.75 Å². The van der Waals surface area contributed by atoms with Gasteiger partial charge in [0, 0.05) is 11.4 Å². The molecule has 0 bridgehead atoms. The minimum Gasteiger partial charge on any atom is -0.490 e. The molecule has 0 atom stereocenters. The first-order valence-electron chi connectivity index (χ1n) is 9.51. The first-order valence-corrected chi connectivity index (χ1v) is 11.0. The molecule has 0 heterocycles. The predicted octanol–water partition coefficient (Wildman–Crippen LogP) is 4.84. The molecule has 3 aromatic carbocycles. The first-order chi connectivity index (χ1) is 14.2. The molecular formula is C23H24N2O4S. The summed E-state index contributed by atoms with van der Waals surface area (Å²) < 4.78 is 33.4. The maximum atomic E-state index is 12.6. The number of carbonyl (C=O) groups excluding carboxylic acids is 1. The molecule has 0 aromatic heterocycles. The van der Waals surface area contributed by atoms with Crippen LogP contribution in [0.15, 0.2) is 77.7 Å². The second-order valence-corrected chi connectivity index (χ2v) is 8.80. The van der Waals surface area contributed by atoms with E-state index >= 15 is 0 Å². The van der Waals surface area contributed by atoms with E-state index in [2.05, 4.69) is 10.0 Å². The number of benzene rings is 3. The fourth-order valence-electron chi connectivity index (χ4n) is 2.76. The van der Waals surface area contributed by atoms with Gasteiger partial charge in [-0.15, -0.1) is 0 Å². The van der Waals surface area contributed by atoms with Gasteiger partial charge in [0.15, 0.2) is 0 Å². The quantitative estimate of drug-likeness (QED) is 0.569. The molecule has 0 fully saturated rings. The minimum absolute atomic E-state index is 0.0653. The lowest BCUT2D eigenvalue weighted by Gasteiger charge is -2.14. The Morgan fingerprint density at radius 2 is 1.47 bits per heavy atom. The maximum Gasteiger partial charge on any atom is 0.261 e. The highest BCUT2D eigenvalue weighted by Gasteiger charge is 2.16. The summed E-state index contributed by atoms with van der Waals surface area (Å²) in [5.74, 6) is 0.158. The molecule has 0 saturated heterocycles. The van der Waals surface area contributed by atoms with Crippen molar-refractivity contribution in [1.29, 1.82) is 0 Å². The second-order valence-electron chi connectivity index (χ2n) is 7.11. The molecule has 3 aromatic rings. The Hall–Kier alpha value is -3.32. The molecule has 2 N–H and O–H groups in total. The zero-order valence-electron chi connectivity index (χ0n) is 17.0. The molecule has 0 radical (unpaired) electrons. The molecule has 7 heteroatoms. The lowest BCUT2D eigenvalue weighted by atomic mass is 10.1. The van der Waals surface area contributed by atoms with E-state index in [4.69, 9.17) is 4.74 Å². The monoisotopic (exact) mass is 424 g/mol. The lowest BCUT2D eigenvalue weighted by Crippen LogP contribution is -2.16. The highest BCUT2D eigenvalue weighted by atomic mass is 32.2. The average molecular weight is 425 g/mol. The summed E-state index contributed by atoms with van der Waals surface area (Å²) in [5, 5.41) is 2.77. The predicted molar refractivity (Wildman–Crippen MR) is 119 cm³/mol. The van der Waals surface area contributed by atoms with Crippen molar-refractivity contribution in [3.05, 3.63) is 83.9 Å². The van der Waals surface area contributed by atoms with Crippen molar-refractivity contribution in [3.8, 4) is 5.75 Å². The van der Waals surface area contributed by atoms with Gasteiger partial charge in [-0.05, 0) is 69.3 Å². The Balaban J connectivity index is 1.73. The molecule has 0 saturated carbocycles. The van der Waals surface area contributed by atoms with Gasteiger partial charge in [-0.3, -0.25) is 9.52 Å². The molecule has 0 aliphatic rings. The van der Waals surface area contributed by atoms with Crippen molar-refractivity contribution in [2.75, 3.05) is 10.0 Å². The van der Waals surface area contributed by atoms with Crippen LogP contribution in [0.5, 0.6) is 5.75 Å². The Morgan fingerprint density at radius 1 is 0.867 bits per heavy atom. The number of carbonyl (C=O) groups is 1. The Labute approximate surface area is 177 Å². The van der Waals surface area contributed by atoms with Crippen LogP contribution in [0.4, 0.5) is 11.4 Å². The Kier molecular flexibility index (Phi) is 6.42. The number of nitrogens with one attached hydrogen (secondary N) is 2. The number of anilines is 2. The summed E-state index contributed by atoms with van der Waals surface area (Å²) in [4.78, 5) is 12.7. The number of ether oxygens (including phenoxy) is 1.